The second-order valence-corrected chi connectivity index (χ2v) is 8.80. The van der Waals surface area contributed by atoms with Crippen LogP contribution in [0.3, 0.4) is 0 Å². The molecule has 5 atom stereocenters. The van der Waals surface area contributed by atoms with Crippen molar-refractivity contribution in [1.29, 1.82) is 0 Å². The molecule has 0 radical (unpaired) electrons. The summed E-state index contributed by atoms with van der Waals surface area (Å²) in [6.45, 7) is 2.99. The minimum absolute atomic E-state index is 0.0359. The molecule has 1 saturated carbocycles. The highest BCUT2D eigenvalue weighted by atomic mass is 16.7. The number of aliphatic carboxylic acids is 1. The van der Waals surface area contributed by atoms with Gasteiger partial charge in [-0.05, 0) is 69.6 Å². The summed E-state index contributed by atoms with van der Waals surface area (Å²) in [5.41, 5.74) is 0. The fourth-order valence-electron chi connectivity index (χ4n) is 4.60. The van der Waals surface area contributed by atoms with Crippen LogP contribution in [0.4, 0.5) is 0 Å². The zero-order valence-electron chi connectivity index (χ0n) is 18.7. The van der Waals surface area contributed by atoms with Crippen molar-refractivity contribution in [3.63, 3.8) is 0 Å². The number of unbranched alkanes of at least 4 members (excludes halogenated alkanes) is 4. The number of aliphatic hydroxyl groups is 1. The summed E-state index contributed by atoms with van der Waals surface area (Å²) < 4.78 is 12.1. The second-order valence-electron chi connectivity index (χ2n) is 8.80. The molecule has 5 heteroatoms. The van der Waals surface area contributed by atoms with Crippen LogP contribution in [0.2, 0.25) is 0 Å². The van der Waals surface area contributed by atoms with Crippen molar-refractivity contribution < 1.29 is 24.5 Å². The quantitative estimate of drug-likeness (QED) is 0.280. The Bertz CT molecular complexity index is 524. The number of ether oxygens (including phenoxy) is 2. The van der Waals surface area contributed by atoms with Crippen LogP contribution in [0.15, 0.2) is 24.3 Å². The van der Waals surface area contributed by atoms with Gasteiger partial charge in [0.25, 0.3) is 0 Å². The van der Waals surface area contributed by atoms with E-state index >= 15 is 0 Å². The van der Waals surface area contributed by atoms with Gasteiger partial charge >= 0.3 is 5.97 Å². The summed E-state index contributed by atoms with van der Waals surface area (Å²) in [6, 6.07) is 0. The molecule has 1 saturated heterocycles. The van der Waals surface area contributed by atoms with Gasteiger partial charge in [0.05, 0.1) is 12.2 Å². The summed E-state index contributed by atoms with van der Waals surface area (Å²) in [6.07, 6.45) is 20.4. The first-order valence-electron chi connectivity index (χ1n) is 12.1. The largest absolute Gasteiger partial charge is 0.481 e. The average Bonchev–Trinajstić information content (AvgIpc) is 3.02. The highest BCUT2D eigenvalue weighted by Gasteiger charge is 2.42. The minimum atomic E-state index is -0.745. The summed E-state index contributed by atoms with van der Waals surface area (Å²) >= 11 is 0. The fraction of sp³-hybridized carbons (Fsp3) is 0.800. The summed E-state index contributed by atoms with van der Waals surface area (Å²) in [5.74, 6) is -0.281. The van der Waals surface area contributed by atoms with E-state index in [1.165, 1.54) is 19.3 Å². The first-order valence-corrected chi connectivity index (χ1v) is 12.1. The molecule has 2 N–H and O–H groups in total. The minimum Gasteiger partial charge on any atom is -0.481 e. The zero-order chi connectivity index (χ0) is 21.6. The van der Waals surface area contributed by atoms with E-state index in [2.05, 4.69) is 31.2 Å². The van der Waals surface area contributed by atoms with Gasteiger partial charge in [-0.2, -0.15) is 0 Å². The van der Waals surface area contributed by atoms with Crippen molar-refractivity contribution in [2.75, 3.05) is 6.61 Å². The molecule has 1 heterocycles. The molecule has 2 fully saturated rings. The van der Waals surface area contributed by atoms with Crippen LogP contribution in [0, 0.1) is 11.8 Å². The van der Waals surface area contributed by atoms with Gasteiger partial charge < -0.3 is 19.7 Å². The van der Waals surface area contributed by atoms with Gasteiger partial charge in [-0.25, -0.2) is 0 Å². The molecular formula is C25H42O5. The number of hydrogen-bond donors (Lipinski definition) is 2. The van der Waals surface area contributed by atoms with E-state index in [0.29, 0.717) is 12.8 Å². The van der Waals surface area contributed by atoms with Gasteiger partial charge in [-0.3, -0.25) is 4.79 Å². The maximum Gasteiger partial charge on any atom is 0.303 e. The van der Waals surface area contributed by atoms with Crippen LogP contribution in [-0.4, -0.2) is 41.3 Å². The van der Waals surface area contributed by atoms with Crippen LogP contribution >= 0.6 is 0 Å². The topological polar surface area (TPSA) is 76.0 Å². The third kappa shape index (κ3) is 9.32. The number of hydrogen-bond acceptors (Lipinski definition) is 4. The van der Waals surface area contributed by atoms with Crippen LogP contribution in [-0.2, 0) is 14.3 Å². The average molecular weight is 423 g/mol. The standard InChI is InChI=1S/C25H42O5/c1-2-3-4-5-6-10-15-21-20(14-9-7-8-11-16-24(27)28)22(26)19-23(21)30-25-17-12-13-18-29-25/h6-7,9-10,20-23,25-26H,2-5,8,11-19H2,1H3,(H,27,28)/t20-,21-,22+,23-,25?/m1/s1. The Kier molecular flexibility index (Phi) is 12.4. The Morgan fingerprint density at radius 2 is 1.77 bits per heavy atom. The smallest absolute Gasteiger partial charge is 0.303 e. The molecule has 1 unspecified atom stereocenters. The second kappa shape index (κ2) is 14.8. The predicted octanol–water partition coefficient (Wildman–Crippen LogP) is 5.62. The van der Waals surface area contributed by atoms with E-state index in [1.54, 1.807) is 0 Å². The van der Waals surface area contributed by atoms with Gasteiger partial charge in [0.2, 0.25) is 0 Å². The highest BCUT2D eigenvalue weighted by Crippen LogP contribution is 2.40. The van der Waals surface area contributed by atoms with Crippen molar-refractivity contribution in [2.45, 2.75) is 109 Å². The maximum atomic E-state index is 10.8. The molecule has 1 aliphatic heterocycles. The van der Waals surface area contributed by atoms with E-state index in [0.717, 1.165) is 51.6 Å². The summed E-state index contributed by atoms with van der Waals surface area (Å²) in [5, 5.41) is 19.5. The number of allylic oxidation sites excluding steroid dienone is 4. The van der Waals surface area contributed by atoms with E-state index in [4.69, 9.17) is 14.6 Å². The van der Waals surface area contributed by atoms with Crippen LogP contribution in [0.25, 0.3) is 0 Å². The molecule has 0 spiro atoms. The third-order valence-electron chi connectivity index (χ3n) is 6.35. The molecule has 2 rings (SSSR count). The van der Waals surface area contributed by atoms with Gasteiger partial charge in [-0.1, -0.05) is 44.1 Å². The lowest BCUT2D eigenvalue weighted by Crippen LogP contribution is -2.31. The molecule has 0 amide bonds. The molecule has 0 bridgehead atoms. The molecule has 30 heavy (non-hydrogen) atoms. The lowest BCUT2D eigenvalue weighted by Gasteiger charge is -2.29. The Hall–Kier alpha value is -1.17. The van der Waals surface area contributed by atoms with Crippen LogP contribution in [0.5, 0.6) is 0 Å². The van der Waals surface area contributed by atoms with Crippen molar-refractivity contribution in [1.82, 2.24) is 0 Å². The summed E-state index contributed by atoms with van der Waals surface area (Å²) in [4.78, 5) is 10.6. The monoisotopic (exact) mass is 422 g/mol. The number of rotatable bonds is 14. The molecule has 0 aromatic rings. The summed E-state index contributed by atoms with van der Waals surface area (Å²) in [7, 11) is 0. The zero-order valence-corrected chi connectivity index (χ0v) is 18.7. The SMILES string of the molecule is CCCCCC=CC[C@@H]1[C@@H](CC=CCCCC(=O)O)[C@@H](O)C[C@H]1OC1CCCCO1. The van der Waals surface area contributed by atoms with E-state index in [9.17, 15) is 9.90 Å². The fourth-order valence-corrected chi connectivity index (χ4v) is 4.60. The van der Waals surface area contributed by atoms with Gasteiger partial charge in [0.15, 0.2) is 6.29 Å². The molecule has 172 valence electrons. The Morgan fingerprint density at radius 3 is 2.43 bits per heavy atom. The number of carboxylic acids is 1. The molecule has 0 aromatic heterocycles. The number of aliphatic hydroxyl groups excluding tert-OH is 1. The lowest BCUT2D eigenvalue weighted by molar-refractivity contribution is -0.195. The molecule has 1 aliphatic carbocycles. The Balaban J connectivity index is 1.89. The van der Waals surface area contributed by atoms with Gasteiger partial charge in [0, 0.05) is 19.4 Å². The first kappa shape index (κ1) is 25.1. The Labute approximate surface area is 182 Å². The van der Waals surface area contributed by atoms with Crippen LogP contribution < -0.4 is 0 Å². The van der Waals surface area contributed by atoms with E-state index in [1.807, 2.05) is 0 Å². The van der Waals surface area contributed by atoms with Gasteiger partial charge in [-0.15, -0.1) is 0 Å². The normalized spacial score (nSPS) is 29.9. The highest BCUT2D eigenvalue weighted by molar-refractivity contribution is 5.66. The van der Waals surface area contributed by atoms with Crippen molar-refractivity contribution in [2.24, 2.45) is 11.8 Å². The van der Waals surface area contributed by atoms with E-state index in [-0.39, 0.29) is 36.8 Å². The molecule has 5 nitrogen and oxygen atoms in total. The molecule has 2 aliphatic rings. The molecular weight excluding hydrogens is 380 g/mol. The number of carbonyl (C=O) groups is 1. The van der Waals surface area contributed by atoms with Gasteiger partial charge in [0.1, 0.15) is 0 Å². The van der Waals surface area contributed by atoms with E-state index < -0.39 is 5.97 Å². The van der Waals surface area contributed by atoms with Crippen molar-refractivity contribution in [3.8, 4) is 0 Å². The third-order valence-corrected chi connectivity index (χ3v) is 6.35. The maximum absolute atomic E-state index is 10.8. The van der Waals surface area contributed by atoms with Crippen LogP contribution in [0.1, 0.15) is 90.4 Å². The Morgan fingerprint density at radius 1 is 1.03 bits per heavy atom. The molecule has 0 aromatic carbocycles. The predicted molar refractivity (Wildman–Crippen MR) is 119 cm³/mol. The van der Waals surface area contributed by atoms with Crippen molar-refractivity contribution >= 4 is 5.97 Å². The van der Waals surface area contributed by atoms with Crippen molar-refractivity contribution in [3.05, 3.63) is 24.3 Å². The first-order chi connectivity index (χ1) is 14.6. The lowest BCUT2D eigenvalue weighted by atomic mass is 9.87. The number of carboxylic acid groups (broad SMARTS) is 1.